The zero-order valence-corrected chi connectivity index (χ0v) is 10.3. The lowest BCUT2D eigenvalue weighted by atomic mass is 9.57. The van der Waals surface area contributed by atoms with Gasteiger partial charge in [0.1, 0.15) is 5.75 Å². The van der Waals surface area contributed by atoms with Crippen LogP contribution >= 0.6 is 0 Å². The Morgan fingerprint density at radius 2 is 2.05 bits per heavy atom. The van der Waals surface area contributed by atoms with Crippen LogP contribution in [0.5, 0.6) is 5.75 Å². The van der Waals surface area contributed by atoms with Crippen LogP contribution in [0.25, 0.3) is 0 Å². The molecule has 3 nitrogen and oxygen atoms in total. The van der Waals surface area contributed by atoms with Crippen LogP contribution in [-0.2, 0) is 6.42 Å². The second kappa shape index (κ2) is 4.37. The molecule has 1 aromatic rings. The topological polar surface area (TPSA) is 34.1 Å². The van der Waals surface area contributed by atoms with Crippen molar-refractivity contribution in [2.45, 2.75) is 25.6 Å². The van der Waals surface area contributed by atoms with Gasteiger partial charge in [0.2, 0.25) is 0 Å². The first-order chi connectivity index (χ1) is 8.94. The molecule has 2 aliphatic rings. The molecule has 1 aliphatic heterocycles. The summed E-state index contributed by atoms with van der Waals surface area (Å²) in [6.07, 6.45) is -0.276. The fourth-order valence-corrected chi connectivity index (χ4v) is 3.10. The third kappa shape index (κ3) is 2.83. The molecule has 1 saturated heterocycles. The highest BCUT2D eigenvalue weighted by Crippen LogP contribution is 2.49. The van der Waals surface area contributed by atoms with Gasteiger partial charge in [-0.05, 0) is 42.7 Å². The molecule has 2 fully saturated rings. The summed E-state index contributed by atoms with van der Waals surface area (Å²) in [6, 6.07) is 2.94. The molecule has 6 heteroatoms. The molecule has 0 bridgehead atoms. The molecular formula is C13H15F3N2O. The maximum Gasteiger partial charge on any atom is 0.573 e. The third-order valence-corrected chi connectivity index (χ3v) is 3.97. The molecule has 104 valence electrons. The molecule has 1 N–H and O–H groups in total. The Balaban J connectivity index is 1.52. The Morgan fingerprint density at radius 3 is 2.53 bits per heavy atom. The molecule has 0 radical (unpaired) electrons. The van der Waals surface area contributed by atoms with Crippen molar-refractivity contribution in [3.05, 3.63) is 24.0 Å². The van der Waals surface area contributed by atoms with Crippen LogP contribution in [0.15, 0.2) is 18.3 Å². The minimum Gasteiger partial charge on any atom is -0.404 e. The molecule has 0 atom stereocenters. The first-order valence-electron chi connectivity index (χ1n) is 6.36. The molecule has 1 saturated carbocycles. The van der Waals surface area contributed by atoms with Gasteiger partial charge in [-0.2, -0.15) is 0 Å². The van der Waals surface area contributed by atoms with Crippen LogP contribution in [-0.4, -0.2) is 24.4 Å². The van der Waals surface area contributed by atoms with E-state index in [0.717, 1.165) is 31.4 Å². The van der Waals surface area contributed by atoms with Crippen LogP contribution in [0.2, 0.25) is 0 Å². The van der Waals surface area contributed by atoms with Crippen molar-refractivity contribution in [3.63, 3.8) is 0 Å². The summed E-state index contributed by atoms with van der Waals surface area (Å²) in [7, 11) is 0. The predicted molar refractivity (Wildman–Crippen MR) is 62.7 cm³/mol. The van der Waals surface area contributed by atoms with E-state index in [-0.39, 0.29) is 5.75 Å². The number of rotatable bonds is 3. The number of nitrogens with one attached hydrogen (secondary N) is 1. The minimum absolute atomic E-state index is 0.260. The predicted octanol–water partition coefficient (Wildman–Crippen LogP) is 2.52. The molecule has 0 unspecified atom stereocenters. The average molecular weight is 272 g/mol. The number of ether oxygens (including phenoxy) is 1. The Kier molecular flexibility index (Phi) is 2.92. The fourth-order valence-electron chi connectivity index (χ4n) is 3.10. The largest absolute Gasteiger partial charge is 0.573 e. The highest BCUT2D eigenvalue weighted by molar-refractivity contribution is 5.21. The SMILES string of the molecule is FC(F)(F)Oc1ccc(CC2CC3(CNC3)C2)nc1. The molecule has 19 heavy (non-hydrogen) atoms. The van der Waals surface area contributed by atoms with Gasteiger partial charge in [0.15, 0.2) is 0 Å². The number of aromatic nitrogens is 1. The van der Waals surface area contributed by atoms with Crippen molar-refractivity contribution in [3.8, 4) is 5.75 Å². The summed E-state index contributed by atoms with van der Waals surface area (Å²) in [5.41, 5.74) is 1.35. The maximum atomic E-state index is 12.0. The molecule has 1 spiro atoms. The van der Waals surface area contributed by atoms with Crippen LogP contribution in [0.3, 0.4) is 0 Å². The van der Waals surface area contributed by atoms with E-state index >= 15 is 0 Å². The normalized spacial score (nSPS) is 21.8. The minimum atomic E-state index is -4.65. The molecule has 2 heterocycles. The summed E-state index contributed by atoms with van der Waals surface area (Å²) >= 11 is 0. The van der Waals surface area contributed by atoms with Crippen LogP contribution in [0.1, 0.15) is 18.5 Å². The fraction of sp³-hybridized carbons (Fsp3) is 0.615. The summed E-state index contributed by atoms with van der Waals surface area (Å²) in [4.78, 5) is 4.04. The zero-order valence-electron chi connectivity index (χ0n) is 10.3. The van der Waals surface area contributed by atoms with Gasteiger partial charge in [0.05, 0.1) is 6.20 Å². The number of hydrogen-bond acceptors (Lipinski definition) is 3. The van der Waals surface area contributed by atoms with E-state index in [0.29, 0.717) is 11.3 Å². The highest BCUT2D eigenvalue weighted by atomic mass is 19.4. The molecule has 1 aliphatic carbocycles. The lowest BCUT2D eigenvalue weighted by Gasteiger charge is -2.54. The molecule has 0 aromatic carbocycles. The first kappa shape index (κ1) is 12.7. The van der Waals surface area contributed by atoms with Gasteiger partial charge < -0.3 is 10.1 Å². The van der Waals surface area contributed by atoms with Gasteiger partial charge in [-0.3, -0.25) is 4.98 Å². The quantitative estimate of drug-likeness (QED) is 0.918. The van der Waals surface area contributed by atoms with Gasteiger partial charge in [0, 0.05) is 18.8 Å². The van der Waals surface area contributed by atoms with E-state index in [1.807, 2.05) is 0 Å². The van der Waals surface area contributed by atoms with Crippen molar-refractivity contribution >= 4 is 0 Å². The molecule has 3 rings (SSSR count). The first-order valence-corrected chi connectivity index (χ1v) is 6.36. The average Bonchev–Trinajstić information content (AvgIpc) is 2.20. The maximum absolute atomic E-state index is 12.0. The van der Waals surface area contributed by atoms with Crippen molar-refractivity contribution in [2.75, 3.05) is 13.1 Å². The zero-order chi connectivity index (χ0) is 13.5. The summed E-state index contributed by atoms with van der Waals surface area (Å²) in [5, 5.41) is 3.28. The van der Waals surface area contributed by atoms with Crippen molar-refractivity contribution in [1.29, 1.82) is 0 Å². The Morgan fingerprint density at radius 1 is 1.32 bits per heavy atom. The van der Waals surface area contributed by atoms with Gasteiger partial charge in [-0.1, -0.05) is 0 Å². The third-order valence-electron chi connectivity index (χ3n) is 3.97. The lowest BCUT2D eigenvalue weighted by Crippen LogP contribution is -2.60. The van der Waals surface area contributed by atoms with E-state index in [1.165, 1.54) is 18.9 Å². The number of pyridine rings is 1. The number of alkyl halides is 3. The summed E-state index contributed by atoms with van der Waals surface area (Å²) in [5.74, 6) is 0.355. The van der Waals surface area contributed by atoms with Crippen molar-refractivity contribution in [2.24, 2.45) is 11.3 Å². The van der Waals surface area contributed by atoms with Crippen molar-refractivity contribution < 1.29 is 17.9 Å². The second-order valence-corrected chi connectivity index (χ2v) is 5.61. The second-order valence-electron chi connectivity index (χ2n) is 5.61. The molecule has 0 amide bonds. The summed E-state index contributed by atoms with van der Waals surface area (Å²) < 4.78 is 39.8. The number of hydrogen-bond donors (Lipinski definition) is 1. The van der Waals surface area contributed by atoms with E-state index in [1.54, 1.807) is 6.07 Å². The van der Waals surface area contributed by atoms with Gasteiger partial charge in [-0.15, -0.1) is 13.2 Å². The van der Waals surface area contributed by atoms with E-state index in [9.17, 15) is 13.2 Å². The van der Waals surface area contributed by atoms with Crippen LogP contribution in [0, 0.1) is 11.3 Å². The Bertz CT molecular complexity index is 446. The van der Waals surface area contributed by atoms with Crippen LogP contribution < -0.4 is 10.1 Å². The standard InChI is InChI=1S/C13H15F3N2O/c14-13(15,16)19-11-2-1-10(18-6-11)3-9-4-12(5-9)7-17-8-12/h1-2,6,9,17H,3-5,7-8H2. The smallest absolute Gasteiger partial charge is 0.404 e. The molecular weight excluding hydrogens is 257 g/mol. The number of halogens is 3. The monoisotopic (exact) mass is 272 g/mol. The molecule has 1 aromatic heterocycles. The van der Waals surface area contributed by atoms with Crippen molar-refractivity contribution in [1.82, 2.24) is 10.3 Å². The van der Waals surface area contributed by atoms with E-state index in [2.05, 4.69) is 15.0 Å². The van der Waals surface area contributed by atoms with Gasteiger partial charge in [-0.25, -0.2) is 0 Å². The Labute approximate surface area is 109 Å². The number of nitrogens with zero attached hydrogens (tertiary/aromatic N) is 1. The lowest BCUT2D eigenvalue weighted by molar-refractivity contribution is -0.274. The van der Waals surface area contributed by atoms with Crippen LogP contribution in [0.4, 0.5) is 13.2 Å². The van der Waals surface area contributed by atoms with Gasteiger partial charge in [0.25, 0.3) is 0 Å². The highest BCUT2D eigenvalue weighted by Gasteiger charge is 2.47. The van der Waals surface area contributed by atoms with E-state index < -0.39 is 6.36 Å². The van der Waals surface area contributed by atoms with Gasteiger partial charge >= 0.3 is 6.36 Å². The van der Waals surface area contributed by atoms with E-state index in [4.69, 9.17) is 0 Å². The summed E-state index contributed by atoms with van der Waals surface area (Å²) in [6.45, 7) is 2.21. The Hall–Kier alpha value is -1.30.